The van der Waals surface area contributed by atoms with Gasteiger partial charge in [0.2, 0.25) is 0 Å². The highest BCUT2D eigenvalue weighted by Gasteiger charge is 2.41. The quantitative estimate of drug-likeness (QED) is 0.544. The highest BCUT2D eigenvalue weighted by molar-refractivity contribution is 5.75. The van der Waals surface area contributed by atoms with Gasteiger partial charge < -0.3 is 16.0 Å². The summed E-state index contributed by atoms with van der Waals surface area (Å²) in [5.41, 5.74) is 5.67. The van der Waals surface area contributed by atoms with E-state index < -0.39 is 0 Å². The molecule has 1 fully saturated rings. The first-order chi connectivity index (χ1) is 5.50. The highest BCUT2D eigenvalue weighted by atomic mass is 16.2. The number of hydrogen-bond donors (Lipinski definition) is 2. The first-order valence-corrected chi connectivity index (χ1v) is 4.25. The number of nitrogens with one attached hydrogen (secondary N) is 1. The molecule has 12 heavy (non-hydrogen) atoms. The van der Waals surface area contributed by atoms with Crippen LogP contribution in [0.25, 0.3) is 0 Å². The van der Waals surface area contributed by atoms with Crippen molar-refractivity contribution in [2.75, 3.05) is 13.6 Å². The first-order valence-electron chi connectivity index (χ1n) is 4.25. The molecule has 70 valence electrons. The largest absolute Gasteiger partial charge is 0.341 e. The van der Waals surface area contributed by atoms with Gasteiger partial charge in [0.25, 0.3) is 0 Å². The lowest BCUT2D eigenvalue weighted by Crippen LogP contribution is -2.53. The predicted octanol–water partition coefficient (Wildman–Crippen LogP) is 0.137. The van der Waals surface area contributed by atoms with Crippen LogP contribution in [-0.4, -0.2) is 36.1 Å². The molecule has 1 rings (SSSR count). The maximum absolute atomic E-state index is 11.3. The standard InChI is InChI=1S/C8H17N3O/c1-8(2)6(9)4-5-11(8)7(12)10-3/h6H,4-5,9H2,1-3H3,(H,10,12). The molecule has 1 heterocycles. The summed E-state index contributed by atoms with van der Waals surface area (Å²) in [7, 11) is 1.64. The van der Waals surface area contributed by atoms with Crippen LogP contribution in [0, 0.1) is 0 Å². The summed E-state index contributed by atoms with van der Waals surface area (Å²) in [5.74, 6) is 0. The Bertz CT molecular complexity index is 191. The Kier molecular flexibility index (Phi) is 2.28. The van der Waals surface area contributed by atoms with E-state index in [-0.39, 0.29) is 17.6 Å². The number of nitrogens with two attached hydrogens (primary N) is 1. The maximum Gasteiger partial charge on any atom is 0.317 e. The third kappa shape index (κ3) is 1.27. The minimum atomic E-state index is -0.208. The van der Waals surface area contributed by atoms with E-state index in [0.29, 0.717) is 0 Å². The number of urea groups is 1. The van der Waals surface area contributed by atoms with Gasteiger partial charge in [-0.05, 0) is 20.3 Å². The summed E-state index contributed by atoms with van der Waals surface area (Å²) in [6, 6.07) is 0.0581. The van der Waals surface area contributed by atoms with Crippen molar-refractivity contribution in [3.63, 3.8) is 0 Å². The molecule has 0 aromatic heterocycles. The Hall–Kier alpha value is -0.770. The number of hydrogen-bond acceptors (Lipinski definition) is 2. The zero-order valence-electron chi connectivity index (χ0n) is 7.92. The van der Waals surface area contributed by atoms with E-state index in [0.717, 1.165) is 13.0 Å². The van der Waals surface area contributed by atoms with Gasteiger partial charge in [-0.3, -0.25) is 0 Å². The Morgan fingerprint density at radius 1 is 1.67 bits per heavy atom. The van der Waals surface area contributed by atoms with Crippen LogP contribution in [0.4, 0.5) is 4.79 Å². The minimum Gasteiger partial charge on any atom is -0.341 e. The molecular formula is C8H17N3O. The van der Waals surface area contributed by atoms with Crippen LogP contribution in [-0.2, 0) is 0 Å². The minimum absolute atomic E-state index is 0.0343. The SMILES string of the molecule is CNC(=O)N1CCC(N)C1(C)C. The molecule has 0 aromatic rings. The average Bonchev–Trinajstić information content (AvgIpc) is 2.27. The van der Waals surface area contributed by atoms with Crippen LogP contribution in [0.2, 0.25) is 0 Å². The molecule has 2 amide bonds. The molecule has 4 heteroatoms. The van der Waals surface area contributed by atoms with E-state index in [1.165, 1.54) is 0 Å². The molecule has 0 bridgehead atoms. The van der Waals surface area contributed by atoms with Crippen LogP contribution in [0.15, 0.2) is 0 Å². The Morgan fingerprint density at radius 2 is 2.25 bits per heavy atom. The van der Waals surface area contributed by atoms with Gasteiger partial charge in [0, 0.05) is 19.6 Å². The third-order valence-corrected chi connectivity index (χ3v) is 2.73. The number of rotatable bonds is 0. The Balaban J connectivity index is 2.74. The number of amides is 2. The number of nitrogens with zero attached hydrogens (tertiary/aromatic N) is 1. The van der Waals surface area contributed by atoms with Crippen molar-refractivity contribution in [1.82, 2.24) is 10.2 Å². The number of carbonyl (C=O) groups excluding carboxylic acids is 1. The van der Waals surface area contributed by atoms with Crippen LogP contribution < -0.4 is 11.1 Å². The van der Waals surface area contributed by atoms with E-state index >= 15 is 0 Å². The highest BCUT2D eigenvalue weighted by Crippen LogP contribution is 2.26. The smallest absolute Gasteiger partial charge is 0.317 e. The molecular weight excluding hydrogens is 154 g/mol. The van der Waals surface area contributed by atoms with Crippen LogP contribution in [0.5, 0.6) is 0 Å². The van der Waals surface area contributed by atoms with Gasteiger partial charge in [-0.1, -0.05) is 0 Å². The summed E-state index contributed by atoms with van der Waals surface area (Å²) < 4.78 is 0. The average molecular weight is 171 g/mol. The first kappa shape index (κ1) is 9.32. The van der Waals surface area contributed by atoms with E-state index in [1.54, 1.807) is 11.9 Å². The fraction of sp³-hybridized carbons (Fsp3) is 0.875. The molecule has 4 nitrogen and oxygen atoms in total. The summed E-state index contributed by atoms with van der Waals surface area (Å²) in [5, 5.41) is 2.61. The van der Waals surface area contributed by atoms with Gasteiger partial charge >= 0.3 is 6.03 Å². The normalized spacial score (nSPS) is 27.3. The van der Waals surface area contributed by atoms with Crippen LogP contribution >= 0.6 is 0 Å². The molecule has 3 N–H and O–H groups in total. The third-order valence-electron chi connectivity index (χ3n) is 2.73. The Morgan fingerprint density at radius 3 is 2.58 bits per heavy atom. The van der Waals surface area contributed by atoms with E-state index in [9.17, 15) is 4.79 Å². The second kappa shape index (κ2) is 2.94. The van der Waals surface area contributed by atoms with Crippen molar-refractivity contribution in [3.05, 3.63) is 0 Å². The van der Waals surface area contributed by atoms with E-state index in [2.05, 4.69) is 5.32 Å². The molecule has 1 unspecified atom stereocenters. The van der Waals surface area contributed by atoms with Crippen LogP contribution in [0.1, 0.15) is 20.3 Å². The topological polar surface area (TPSA) is 58.4 Å². The van der Waals surface area contributed by atoms with Crippen molar-refractivity contribution >= 4 is 6.03 Å². The molecule has 0 spiro atoms. The molecule has 1 aliphatic rings. The fourth-order valence-electron chi connectivity index (χ4n) is 1.61. The summed E-state index contributed by atoms with van der Waals surface area (Å²) in [6.45, 7) is 4.76. The van der Waals surface area contributed by atoms with Gasteiger partial charge in [-0.25, -0.2) is 4.79 Å². The lowest BCUT2D eigenvalue weighted by molar-refractivity contribution is 0.161. The second-order valence-electron chi connectivity index (χ2n) is 3.76. The molecule has 1 aliphatic heterocycles. The summed E-state index contributed by atoms with van der Waals surface area (Å²) in [6.07, 6.45) is 0.889. The summed E-state index contributed by atoms with van der Waals surface area (Å²) in [4.78, 5) is 13.1. The molecule has 1 atom stereocenters. The zero-order chi connectivity index (χ0) is 9.35. The molecule has 0 radical (unpaired) electrons. The monoisotopic (exact) mass is 171 g/mol. The second-order valence-corrected chi connectivity index (χ2v) is 3.76. The van der Waals surface area contributed by atoms with Crippen molar-refractivity contribution < 1.29 is 4.79 Å². The summed E-state index contributed by atoms with van der Waals surface area (Å²) >= 11 is 0. The lowest BCUT2D eigenvalue weighted by atomic mass is 9.97. The van der Waals surface area contributed by atoms with E-state index in [4.69, 9.17) is 5.73 Å². The zero-order valence-corrected chi connectivity index (χ0v) is 7.92. The lowest BCUT2D eigenvalue weighted by Gasteiger charge is -2.33. The molecule has 0 saturated carbocycles. The van der Waals surface area contributed by atoms with Gasteiger partial charge in [0.05, 0.1) is 5.54 Å². The number of likely N-dealkylation sites (tertiary alicyclic amines) is 1. The van der Waals surface area contributed by atoms with E-state index in [1.807, 2.05) is 13.8 Å². The van der Waals surface area contributed by atoms with Gasteiger partial charge in [-0.15, -0.1) is 0 Å². The van der Waals surface area contributed by atoms with Gasteiger partial charge in [0.1, 0.15) is 0 Å². The fourth-order valence-corrected chi connectivity index (χ4v) is 1.61. The van der Waals surface area contributed by atoms with Crippen LogP contribution in [0.3, 0.4) is 0 Å². The van der Waals surface area contributed by atoms with Crippen molar-refractivity contribution in [2.24, 2.45) is 5.73 Å². The van der Waals surface area contributed by atoms with Crippen molar-refractivity contribution in [2.45, 2.75) is 31.8 Å². The van der Waals surface area contributed by atoms with Gasteiger partial charge in [0.15, 0.2) is 0 Å². The molecule has 0 aromatic carbocycles. The molecule has 1 saturated heterocycles. The van der Waals surface area contributed by atoms with Crippen molar-refractivity contribution in [3.8, 4) is 0 Å². The number of carbonyl (C=O) groups is 1. The molecule has 0 aliphatic carbocycles. The maximum atomic E-state index is 11.3. The predicted molar refractivity (Wildman–Crippen MR) is 47.8 cm³/mol. The Labute approximate surface area is 73.1 Å². The van der Waals surface area contributed by atoms with Gasteiger partial charge in [-0.2, -0.15) is 0 Å². The van der Waals surface area contributed by atoms with Crippen molar-refractivity contribution in [1.29, 1.82) is 0 Å².